The monoisotopic (exact) mass is 332 g/mol. The highest BCUT2D eigenvalue weighted by Gasteiger charge is 2.25. The molecule has 1 heterocycles. The second-order valence-corrected chi connectivity index (χ2v) is 7.43. The number of aromatic hydroxyl groups is 1. The summed E-state index contributed by atoms with van der Waals surface area (Å²) in [4.78, 5) is 15.8. The molecule has 2 fully saturated rings. The van der Waals surface area contributed by atoms with E-state index in [1.54, 1.807) is 6.07 Å². The number of carbonyl (C=O) groups excluding carboxylic acids is 1. The van der Waals surface area contributed by atoms with Crippen LogP contribution in [0.15, 0.2) is 24.3 Å². The van der Waals surface area contributed by atoms with Gasteiger partial charge in [-0.05, 0) is 43.7 Å². The van der Waals surface area contributed by atoms with Crippen LogP contribution in [0.3, 0.4) is 0 Å². The van der Waals surface area contributed by atoms with E-state index in [1.807, 2.05) is 18.2 Å². The third-order valence-electron chi connectivity index (χ3n) is 5.48. The molecule has 1 aromatic carbocycles. The molecule has 0 atom stereocenters. The van der Waals surface area contributed by atoms with Crippen LogP contribution in [0, 0.1) is 5.92 Å². The average molecular weight is 332 g/mol. The van der Waals surface area contributed by atoms with E-state index in [-0.39, 0.29) is 5.91 Å². The molecular formula is C19H30N3O2+. The van der Waals surface area contributed by atoms with Gasteiger partial charge >= 0.3 is 0 Å². The molecule has 1 saturated carbocycles. The van der Waals surface area contributed by atoms with Crippen LogP contribution < -0.4 is 15.1 Å². The molecule has 1 aliphatic carbocycles. The molecule has 5 nitrogen and oxygen atoms in total. The first-order valence-corrected chi connectivity index (χ1v) is 9.27. The first kappa shape index (κ1) is 17.1. The molecule has 3 N–H and O–H groups in total. The van der Waals surface area contributed by atoms with Crippen LogP contribution in [0.1, 0.15) is 32.6 Å². The standard InChI is InChI=1S/C19H29N3O2/c1-15-6-8-16(9-7-15)20-19(24)14-21-10-12-22(13-11-21)17-4-2-3-5-18(17)23/h2-5,15-16,23H,6-14H2,1H3,(H,20,24)/p+1. The fourth-order valence-electron chi connectivity index (χ4n) is 3.88. The number of quaternary nitrogens is 1. The molecule has 24 heavy (non-hydrogen) atoms. The van der Waals surface area contributed by atoms with Crippen molar-refractivity contribution in [3.8, 4) is 5.75 Å². The summed E-state index contributed by atoms with van der Waals surface area (Å²) >= 11 is 0. The van der Waals surface area contributed by atoms with Crippen molar-refractivity contribution >= 4 is 11.6 Å². The number of amides is 1. The Bertz CT molecular complexity index is 547. The minimum absolute atomic E-state index is 0.195. The lowest BCUT2D eigenvalue weighted by atomic mass is 9.87. The minimum Gasteiger partial charge on any atom is -0.506 e. The molecule has 3 rings (SSSR count). The predicted octanol–water partition coefficient (Wildman–Crippen LogP) is 0.792. The van der Waals surface area contributed by atoms with E-state index in [2.05, 4.69) is 17.1 Å². The number of piperazine rings is 1. The van der Waals surface area contributed by atoms with Crippen molar-refractivity contribution < 1.29 is 14.8 Å². The molecule has 2 aliphatic rings. The molecule has 1 aliphatic heterocycles. The van der Waals surface area contributed by atoms with Crippen LogP contribution in [0.2, 0.25) is 0 Å². The van der Waals surface area contributed by atoms with Crippen molar-refractivity contribution in [1.29, 1.82) is 0 Å². The lowest BCUT2D eigenvalue weighted by Gasteiger charge is -2.34. The Labute approximate surface area is 144 Å². The lowest BCUT2D eigenvalue weighted by molar-refractivity contribution is -0.892. The van der Waals surface area contributed by atoms with Gasteiger partial charge in [-0.1, -0.05) is 19.1 Å². The van der Waals surface area contributed by atoms with Gasteiger partial charge < -0.3 is 20.2 Å². The van der Waals surface area contributed by atoms with Crippen molar-refractivity contribution in [3.63, 3.8) is 0 Å². The molecule has 1 aromatic rings. The fraction of sp³-hybridized carbons (Fsp3) is 0.632. The number of nitrogens with zero attached hydrogens (tertiary/aromatic N) is 1. The Balaban J connectivity index is 1.42. The summed E-state index contributed by atoms with van der Waals surface area (Å²) in [6.45, 7) is 6.49. The van der Waals surface area contributed by atoms with E-state index in [1.165, 1.54) is 17.7 Å². The highest BCUT2D eigenvalue weighted by molar-refractivity contribution is 5.77. The van der Waals surface area contributed by atoms with Gasteiger partial charge in [0.25, 0.3) is 5.91 Å². The number of benzene rings is 1. The third kappa shape index (κ3) is 4.41. The van der Waals surface area contributed by atoms with Gasteiger partial charge in [-0.15, -0.1) is 0 Å². The maximum Gasteiger partial charge on any atom is 0.275 e. The van der Waals surface area contributed by atoms with Gasteiger partial charge in [-0.3, -0.25) is 4.79 Å². The summed E-state index contributed by atoms with van der Waals surface area (Å²) in [5.74, 6) is 1.34. The molecule has 5 heteroatoms. The van der Waals surface area contributed by atoms with Crippen molar-refractivity contribution in [3.05, 3.63) is 24.3 Å². The van der Waals surface area contributed by atoms with Crippen LogP contribution in [-0.2, 0) is 4.79 Å². The molecule has 0 unspecified atom stereocenters. The number of rotatable bonds is 4. The highest BCUT2D eigenvalue weighted by atomic mass is 16.3. The average Bonchev–Trinajstić information content (AvgIpc) is 2.58. The number of para-hydroxylation sites is 2. The van der Waals surface area contributed by atoms with E-state index in [9.17, 15) is 9.90 Å². The Morgan fingerprint density at radius 2 is 1.88 bits per heavy atom. The Morgan fingerprint density at radius 3 is 2.54 bits per heavy atom. The molecule has 0 aromatic heterocycles. The number of phenolic OH excluding ortho intramolecular Hbond substituents is 1. The van der Waals surface area contributed by atoms with E-state index < -0.39 is 0 Å². The van der Waals surface area contributed by atoms with Gasteiger partial charge in [0.15, 0.2) is 6.54 Å². The summed E-state index contributed by atoms with van der Waals surface area (Å²) in [6.07, 6.45) is 4.72. The Hall–Kier alpha value is -1.75. The van der Waals surface area contributed by atoms with Gasteiger partial charge in [-0.25, -0.2) is 0 Å². The highest BCUT2D eigenvalue weighted by Crippen LogP contribution is 2.26. The molecule has 1 amide bonds. The summed E-state index contributed by atoms with van der Waals surface area (Å²) in [5, 5.41) is 13.2. The van der Waals surface area contributed by atoms with Crippen molar-refractivity contribution in [2.45, 2.75) is 38.6 Å². The number of phenols is 1. The van der Waals surface area contributed by atoms with Crippen LogP contribution in [0.4, 0.5) is 5.69 Å². The van der Waals surface area contributed by atoms with Crippen LogP contribution >= 0.6 is 0 Å². The second kappa shape index (κ2) is 7.88. The Morgan fingerprint density at radius 1 is 1.21 bits per heavy atom. The van der Waals surface area contributed by atoms with Gasteiger partial charge in [0, 0.05) is 6.04 Å². The lowest BCUT2D eigenvalue weighted by Crippen LogP contribution is -3.16. The van der Waals surface area contributed by atoms with Crippen LogP contribution in [0.25, 0.3) is 0 Å². The zero-order valence-corrected chi connectivity index (χ0v) is 14.6. The maximum absolute atomic E-state index is 12.3. The first-order chi connectivity index (χ1) is 11.6. The number of anilines is 1. The van der Waals surface area contributed by atoms with Crippen molar-refractivity contribution in [2.75, 3.05) is 37.6 Å². The number of nitrogens with one attached hydrogen (secondary N) is 2. The number of hydrogen-bond donors (Lipinski definition) is 3. The van der Waals surface area contributed by atoms with Crippen molar-refractivity contribution in [1.82, 2.24) is 5.32 Å². The summed E-state index contributed by atoms with van der Waals surface area (Å²) in [5.41, 5.74) is 0.900. The molecular weight excluding hydrogens is 302 g/mol. The topological polar surface area (TPSA) is 57.0 Å². The van der Waals surface area contributed by atoms with Gasteiger partial charge in [-0.2, -0.15) is 0 Å². The minimum atomic E-state index is 0.195. The van der Waals surface area contributed by atoms with Crippen LogP contribution in [-0.4, -0.2) is 49.8 Å². The maximum atomic E-state index is 12.3. The quantitative estimate of drug-likeness (QED) is 0.764. The van der Waals surface area contributed by atoms with E-state index in [0.29, 0.717) is 18.3 Å². The third-order valence-corrected chi connectivity index (χ3v) is 5.48. The van der Waals surface area contributed by atoms with Crippen molar-refractivity contribution in [2.24, 2.45) is 5.92 Å². The predicted molar refractivity (Wildman–Crippen MR) is 95.4 cm³/mol. The largest absolute Gasteiger partial charge is 0.506 e. The van der Waals surface area contributed by atoms with E-state index in [4.69, 9.17) is 0 Å². The zero-order chi connectivity index (χ0) is 16.9. The molecule has 1 saturated heterocycles. The number of hydrogen-bond acceptors (Lipinski definition) is 3. The Kier molecular flexibility index (Phi) is 5.61. The van der Waals surface area contributed by atoms with E-state index in [0.717, 1.165) is 50.6 Å². The van der Waals surface area contributed by atoms with Crippen LogP contribution in [0.5, 0.6) is 5.75 Å². The SMILES string of the molecule is CC1CCC(NC(=O)C[NH+]2CCN(c3ccccc3O)CC2)CC1. The second-order valence-electron chi connectivity index (χ2n) is 7.43. The fourth-order valence-corrected chi connectivity index (χ4v) is 3.88. The van der Waals surface area contributed by atoms with Gasteiger partial charge in [0.05, 0.1) is 31.9 Å². The molecule has 0 bridgehead atoms. The summed E-state index contributed by atoms with van der Waals surface area (Å²) in [6, 6.07) is 7.86. The molecule has 0 radical (unpaired) electrons. The zero-order valence-electron chi connectivity index (χ0n) is 14.6. The molecule has 0 spiro atoms. The smallest absolute Gasteiger partial charge is 0.275 e. The van der Waals surface area contributed by atoms with Gasteiger partial charge in [0.1, 0.15) is 5.75 Å². The van der Waals surface area contributed by atoms with E-state index >= 15 is 0 Å². The normalized spacial score (nSPS) is 25.5. The summed E-state index contributed by atoms with van der Waals surface area (Å²) in [7, 11) is 0. The summed E-state index contributed by atoms with van der Waals surface area (Å²) < 4.78 is 0. The molecule has 132 valence electrons. The van der Waals surface area contributed by atoms with Gasteiger partial charge in [0.2, 0.25) is 0 Å². The first-order valence-electron chi connectivity index (χ1n) is 9.27. The number of carbonyl (C=O) groups is 1.